The Morgan fingerprint density at radius 1 is 1.23 bits per heavy atom. The number of hydrogen-bond donors (Lipinski definition) is 0. The van der Waals surface area contributed by atoms with Crippen molar-refractivity contribution in [1.82, 2.24) is 24.7 Å². The topological polar surface area (TPSA) is 89.9 Å². The zero-order chi connectivity index (χ0) is 21.1. The minimum atomic E-state index is -0.134. The van der Waals surface area contributed by atoms with Crippen molar-refractivity contribution in [3.63, 3.8) is 0 Å². The molecule has 31 heavy (non-hydrogen) atoms. The van der Waals surface area contributed by atoms with Crippen LogP contribution in [-0.4, -0.2) is 37.8 Å². The van der Waals surface area contributed by atoms with Gasteiger partial charge in [0, 0.05) is 35.9 Å². The first kappa shape index (κ1) is 18.5. The fourth-order valence-electron chi connectivity index (χ4n) is 4.77. The summed E-state index contributed by atoms with van der Waals surface area (Å²) in [5.41, 5.74) is 2.40. The van der Waals surface area contributed by atoms with Crippen molar-refractivity contribution < 1.29 is 4.52 Å². The Morgan fingerprint density at radius 3 is 2.87 bits per heavy atom. The maximum absolute atomic E-state index is 12.9. The third kappa shape index (κ3) is 3.09. The van der Waals surface area contributed by atoms with E-state index in [0.717, 1.165) is 35.2 Å². The molecule has 0 bridgehead atoms. The number of piperidine rings is 1. The summed E-state index contributed by atoms with van der Waals surface area (Å²) in [4.78, 5) is 28.2. The van der Waals surface area contributed by atoms with Crippen molar-refractivity contribution in [3.05, 3.63) is 75.6 Å². The number of rotatable bonds is 4. The van der Waals surface area contributed by atoms with Crippen LogP contribution in [0.25, 0.3) is 10.9 Å². The molecule has 1 saturated carbocycles. The summed E-state index contributed by atoms with van der Waals surface area (Å²) in [6.07, 6.45) is 4.76. The first-order valence-electron chi connectivity index (χ1n) is 10.2. The van der Waals surface area contributed by atoms with Gasteiger partial charge in [-0.1, -0.05) is 22.8 Å². The van der Waals surface area contributed by atoms with Gasteiger partial charge in [0.05, 0.1) is 23.4 Å². The van der Waals surface area contributed by atoms with E-state index in [0.29, 0.717) is 34.5 Å². The summed E-state index contributed by atoms with van der Waals surface area (Å²) in [5, 5.41) is 5.52. The molecule has 6 rings (SSSR count). The monoisotopic (exact) mass is 434 g/mol. The van der Waals surface area contributed by atoms with Crippen LogP contribution in [0.5, 0.6) is 0 Å². The van der Waals surface area contributed by atoms with Crippen LogP contribution in [0.4, 0.5) is 5.69 Å². The Bertz CT molecular complexity index is 1350. The Morgan fingerprint density at radius 2 is 2.06 bits per heavy atom. The number of aromatic nitrogens is 5. The van der Waals surface area contributed by atoms with E-state index >= 15 is 0 Å². The molecule has 2 aliphatic rings. The fraction of sp³-hybridized carbons (Fsp3) is 0.318. The van der Waals surface area contributed by atoms with Gasteiger partial charge in [-0.3, -0.25) is 14.3 Å². The summed E-state index contributed by atoms with van der Waals surface area (Å²) >= 11 is 6.13. The molecule has 4 aromatic rings. The van der Waals surface area contributed by atoms with Crippen molar-refractivity contribution in [2.45, 2.75) is 19.4 Å². The van der Waals surface area contributed by atoms with Crippen LogP contribution in [0.3, 0.4) is 0 Å². The third-order valence-corrected chi connectivity index (χ3v) is 6.62. The highest BCUT2D eigenvalue weighted by Gasteiger charge is 2.58. The van der Waals surface area contributed by atoms with Gasteiger partial charge in [-0.2, -0.15) is 4.98 Å². The van der Waals surface area contributed by atoms with Crippen molar-refractivity contribution in [1.29, 1.82) is 0 Å². The molecule has 1 aliphatic carbocycles. The number of benzene rings is 1. The van der Waals surface area contributed by atoms with Crippen LogP contribution in [0, 0.1) is 18.8 Å². The number of pyridine rings is 1. The minimum absolute atomic E-state index is 0.134. The van der Waals surface area contributed by atoms with E-state index in [4.69, 9.17) is 16.1 Å². The summed E-state index contributed by atoms with van der Waals surface area (Å²) in [6.45, 7) is 3.97. The van der Waals surface area contributed by atoms with E-state index in [1.807, 2.05) is 25.1 Å². The Kier molecular flexibility index (Phi) is 4.11. The molecule has 0 spiro atoms. The number of hydrogen-bond acceptors (Lipinski definition) is 7. The average Bonchev–Trinajstić information content (AvgIpc) is 3.09. The lowest BCUT2D eigenvalue weighted by Crippen LogP contribution is -2.23. The SMILES string of the molecule is Cc1cncc2ncn(Cc3nc(C4C5CN(c6cccc(Cl)c6)C[C@@H]54)no3)c(=O)c12. The van der Waals surface area contributed by atoms with Crippen LogP contribution < -0.4 is 10.5 Å². The van der Waals surface area contributed by atoms with Gasteiger partial charge >= 0.3 is 0 Å². The molecule has 1 saturated heterocycles. The van der Waals surface area contributed by atoms with Gasteiger partial charge in [0.1, 0.15) is 6.54 Å². The Labute approximate surface area is 182 Å². The highest BCUT2D eigenvalue weighted by Crippen LogP contribution is 2.57. The molecule has 3 atom stereocenters. The molecule has 0 amide bonds. The molecule has 8 nitrogen and oxygen atoms in total. The molecule has 1 aromatic carbocycles. The predicted octanol–water partition coefficient (Wildman–Crippen LogP) is 3.03. The van der Waals surface area contributed by atoms with Gasteiger partial charge in [-0.25, -0.2) is 4.98 Å². The van der Waals surface area contributed by atoms with Crippen molar-refractivity contribution in [2.24, 2.45) is 11.8 Å². The third-order valence-electron chi connectivity index (χ3n) is 6.38. The van der Waals surface area contributed by atoms with Crippen molar-refractivity contribution in [2.75, 3.05) is 18.0 Å². The summed E-state index contributed by atoms with van der Waals surface area (Å²) < 4.78 is 6.97. The maximum Gasteiger partial charge on any atom is 0.262 e. The Balaban J connectivity index is 1.18. The molecule has 2 fully saturated rings. The van der Waals surface area contributed by atoms with E-state index in [1.54, 1.807) is 12.4 Å². The molecule has 9 heteroatoms. The Hall–Kier alpha value is -3.26. The van der Waals surface area contributed by atoms with Gasteiger partial charge < -0.3 is 9.42 Å². The highest BCUT2D eigenvalue weighted by atomic mass is 35.5. The number of nitrogens with zero attached hydrogens (tertiary/aromatic N) is 6. The molecule has 2 unspecified atom stereocenters. The number of halogens is 1. The zero-order valence-corrected chi connectivity index (χ0v) is 17.5. The van der Waals surface area contributed by atoms with Gasteiger partial charge in [-0.15, -0.1) is 0 Å². The molecule has 156 valence electrons. The van der Waals surface area contributed by atoms with Crippen LogP contribution in [0.15, 0.2) is 52.3 Å². The molecular weight excluding hydrogens is 416 g/mol. The quantitative estimate of drug-likeness (QED) is 0.487. The molecule has 0 radical (unpaired) electrons. The van der Waals surface area contributed by atoms with Gasteiger partial charge in [0.25, 0.3) is 5.56 Å². The number of fused-ring (bicyclic) bond motifs is 2. The minimum Gasteiger partial charge on any atom is -0.371 e. The van der Waals surface area contributed by atoms with Gasteiger partial charge in [0.15, 0.2) is 5.82 Å². The van der Waals surface area contributed by atoms with Crippen molar-refractivity contribution >= 4 is 28.2 Å². The average molecular weight is 435 g/mol. The van der Waals surface area contributed by atoms with E-state index in [2.05, 4.69) is 31.1 Å². The van der Waals surface area contributed by atoms with Gasteiger partial charge in [0.2, 0.25) is 5.89 Å². The highest BCUT2D eigenvalue weighted by molar-refractivity contribution is 6.30. The van der Waals surface area contributed by atoms with Gasteiger partial charge in [-0.05, 0) is 42.5 Å². The number of anilines is 1. The lowest BCUT2D eigenvalue weighted by molar-refractivity contribution is 0.363. The first-order chi connectivity index (χ1) is 15.1. The number of aryl methyl sites for hydroxylation is 1. The lowest BCUT2D eigenvalue weighted by Gasteiger charge is -2.21. The zero-order valence-electron chi connectivity index (χ0n) is 16.8. The van der Waals surface area contributed by atoms with Crippen LogP contribution in [-0.2, 0) is 6.54 Å². The second-order valence-electron chi connectivity index (χ2n) is 8.31. The maximum atomic E-state index is 12.9. The van der Waals surface area contributed by atoms with E-state index in [-0.39, 0.29) is 12.1 Å². The summed E-state index contributed by atoms with van der Waals surface area (Å²) in [7, 11) is 0. The lowest BCUT2D eigenvalue weighted by atomic mass is 10.2. The fourth-order valence-corrected chi connectivity index (χ4v) is 4.96. The first-order valence-corrected chi connectivity index (χ1v) is 10.6. The normalized spacial score (nSPS) is 22.1. The molecule has 3 aromatic heterocycles. The molecule has 1 aliphatic heterocycles. The summed E-state index contributed by atoms with van der Waals surface area (Å²) in [5.74, 6) is 2.50. The van der Waals surface area contributed by atoms with Crippen LogP contribution >= 0.6 is 11.6 Å². The second-order valence-corrected chi connectivity index (χ2v) is 8.75. The second kappa shape index (κ2) is 6.88. The molecule has 4 heterocycles. The van der Waals surface area contributed by atoms with E-state index in [9.17, 15) is 4.79 Å². The van der Waals surface area contributed by atoms with Crippen LogP contribution in [0.1, 0.15) is 23.2 Å². The van der Waals surface area contributed by atoms with E-state index < -0.39 is 0 Å². The largest absolute Gasteiger partial charge is 0.371 e. The van der Waals surface area contributed by atoms with E-state index in [1.165, 1.54) is 10.9 Å². The smallest absolute Gasteiger partial charge is 0.262 e. The predicted molar refractivity (Wildman–Crippen MR) is 115 cm³/mol. The molecule has 0 N–H and O–H groups in total. The summed E-state index contributed by atoms with van der Waals surface area (Å²) in [6, 6.07) is 7.96. The standard InChI is InChI=1S/C22H19ClN6O2/c1-12-6-24-7-17-19(12)22(30)29(11-25-17)10-18-26-21(27-31-18)20-15-8-28(9-16(15)20)14-4-2-3-13(23)5-14/h2-7,11,15-16,20H,8-10H2,1H3/t15-,16?,20?/m0/s1. The van der Waals surface area contributed by atoms with Crippen molar-refractivity contribution in [3.8, 4) is 0 Å². The van der Waals surface area contributed by atoms with Crippen LogP contribution in [0.2, 0.25) is 5.02 Å². The molecular formula is C22H19ClN6O2.